The van der Waals surface area contributed by atoms with Crippen molar-refractivity contribution < 1.29 is 13.9 Å². The zero-order valence-corrected chi connectivity index (χ0v) is 13.2. The molecule has 0 radical (unpaired) electrons. The topological polar surface area (TPSA) is 67.6 Å². The minimum Gasteiger partial charge on any atom is -0.444 e. The Bertz CT molecular complexity index is 498. The van der Waals surface area contributed by atoms with Gasteiger partial charge in [-0.2, -0.15) is 0 Å². The lowest BCUT2D eigenvalue weighted by atomic mass is 10.1. The second-order valence-corrected chi connectivity index (χ2v) is 6.09. The number of nitrogens with zero attached hydrogens (tertiary/aromatic N) is 1. The Balaban J connectivity index is 2.62. The molecule has 118 valence electrons. The van der Waals surface area contributed by atoms with Crippen LogP contribution in [-0.4, -0.2) is 32.3 Å². The monoisotopic (exact) mass is 297 g/mol. The summed E-state index contributed by atoms with van der Waals surface area (Å²) in [6, 6.07) is 4.30. The highest BCUT2D eigenvalue weighted by molar-refractivity contribution is 5.67. The zero-order valence-electron chi connectivity index (χ0n) is 13.2. The van der Waals surface area contributed by atoms with Crippen LogP contribution in [0, 0.1) is 5.82 Å². The van der Waals surface area contributed by atoms with Gasteiger partial charge in [-0.3, -0.25) is 0 Å². The number of rotatable bonds is 4. The van der Waals surface area contributed by atoms with Crippen molar-refractivity contribution >= 4 is 11.8 Å². The molecular weight excluding hydrogens is 273 g/mol. The average Bonchev–Trinajstić information content (AvgIpc) is 2.33. The molecule has 0 saturated carbocycles. The zero-order chi connectivity index (χ0) is 16.2. The number of ether oxygens (including phenoxy) is 1. The van der Waals surface area contributed by atoms with Gasteiger partial charge in [0, 0.05) is 26.7 Å². The van der Waals surface area contributed by atoms with E-state index < -0.39 is 17.7 Å². The molecule has 1 unspecified atom stereocenters. The first-order chi connectivity index (χ1) is 9.60. The van der Waals surface area contributed by atoms with Crippen LogP contribution in [-0.2, 0) is 4.74 Å². The summed E-state index contributed by atoms with van der Waals surface area (Å²) in [7, 11) is 3.53. The van der Waals surface area contributed by atoms with E-state index in [4.69, 9.17) is 10.5 Å². The second-order valence-electron chi connectivity index (χ2n) is 6.09. The quantitative estimate of drug-likeness (QED) is 0.895. The predicted molar refractivity (Wildman–Crippen MR) is 81.9 cm³/mol. The Morgan fingerprint density at radius 2 is 2.05 bits per heavy atom. The molecule has 6 heteroatoms. The van der Waals surface area contributed by atoms with Crippen molar-refractivity contribution in [2.45, 2.75) is 32.4 Å². The molecule has 0 aliphatic carbocycles. The lowest BCUT2D eigenvalue weighted by Crippen LogP contribution is -2.36. The molecule has 1 amide bonds. The van der Waals surface area contributed by atoms with Gasteiger partial charge >= 0.3 is 6.09 Å². The Hall–Kier alpha value is -1.82. The number of benzene rings is 1. The van der Waals surface area contributed by atoms with E-state index >= 15 is 0 Å². The van der Waals surface area contributed by atoms with Crippen LogP contribution in [0.15, 0.2) is 18.2 Å². The largest absolute Gasteiger partial charge is 0.444 e. The van der Waals surface area contributed by atoms with Crippen LogP contribution in [0.1, 0.15) is 32.4 Å². The van der Waals surface area contributed by atoms with Crippen molar-refractivity contribution in [1.29, 1.82) is 0 Å². The molecule has 0 heterocycles. The maximum Gasteiger partial charge on any atom is 0.407 e. The number of carbonyl (C=O) groups is 1. The SMILES string of the molecule is CN(C)c1ccc(C(N)CNC(=O)OC(C)(C)C)cc1F. The molecule has 5 nitrogen and oxygen atoms in total. The molecular formula is C15H24FN3O2. The van der Waals surface area contributed by atoms with Gasteiger partial charge in [-0.25, -0.2) is 9.18 Å². The second kappa shape index (κ2) is 6.76. The lowest BCUT2D eigenvalue weighted by molar-refractivity contribution is 0.0524. The van der Waals surface area contributed by atoms with E-state index in [2.05, 4.69) is 5.32 Å². The van der Waals surface area contributed by atoms with E-state index in [1.165, 1.54) is 6.07 Å². The number of nitrogens with one attached hydrogen (secondary N) is 1. The minimum absolute atomic E-state index is 0.176. The van der Waals surface area contributed by atoms with Gasteiger partial charge in [0.2, 0.25) is 0 Å². The minimum atomic E-state index is -0.562. The summed E-state index contributed by atoms with van der Waals surface area (Å²) in [5.41, 5.74) is 6.50. The summed E-state index contributed by atoms with van der Waals surface area (Å²) in [6.07, 6.45) is -0.539. The number of nitrogens with two attached hydrogens (primary N) is 1. The molecule has 0 aromatic heterocycles. The Morgan fingerprint density at radius 3 is 2.52 bits per heavy atom. The summed E-state index contributed by atoms with van der Waals surface area (Å²) < 4.78 is 19.0. The third-order valence-corrected chi connectivity index (χ3v) is 2.75. The van der Waals surface area contributed by atoms with Gasteiger partial charge < -0.3 is 20.7 Å². The number of alkyl carbamates (subject to hydrolysis) is 1. The van der Waals surface area contributed by atoms with Crippen LogP contribution in [0.25, 0.3) is 0 Å². The lowest BCUT2D eigenvalue weighted by Gasteiger charge is -2.21. The summed E-state index contributed by atoms with van der Waals surface area (Å²) in [5.74, 6) is -0.342. The maximum atomic E-state index is 13.9. The van der Waals surface area contributed by atoms with E-state index in [-0.39, 0.29) is 12.4 Å². The summed E-state index contributed by atoms with van der Waals surface area (Å²) >= 11 is 0. The van der Waals surface area contributed by atoms with Gasteiger partial charge in [-0.05, 0) is 38.5 Å². The van der Waals surface area contributed by atoms with Gasteiger partial charge in [0.1, 0.15) is 11.4 Å². The van der Waals surface area contributed by atoms with Gasteiger partial charge in [0.25, 0.3) is 0 Å². The van der Waals surface area contributed by atoms with Crippen LogP contribution >= 0.6 is 0 Å². The highest BCUT2D eigenvalue weighted by Gasteiger charge is 2.17. The van der Waals surface area contributed by atoms with Crippen molar-refractivity contribution in [3.05, 3.63) is 29.6 Å². The molecule has 0 fully saturated rings. The summed E-state index contributed by atoms with van der Waals surface area (Å²) in [6.45, 7) is 5.52. The molecule has 1 atom stereocenters. The van der Waals surface area contributed by atoms with Crippen molar-refractivity contribution in [2.75, 3.05) is 25.5 Å². The average molecular weight is 297 g/mol. The molecule has 0 aliphatic rings. The van der Waals surface area contributed by atoms with Crippen LogP contribution in [0.3, 0.4) is 0 Å². The molecule has 21 heavy (non-hydrogen) atoms. The maximum absolute atomic E-state index is 13.9. The van der Waals surface area contributed by atoms with Crippen molar-refractivity contribution in [2.24, 2.45) is 5.73 Å². The normalized spacial score (nSPS) is 12.7. The van der Waals surface area contributed by atoms with Crippen LogP contribution < -0.4 is 16.0 Å². The van der Waals surface area contributed by atoms with Crippen molar-refractivity contribution in [3.63, 3.8) is 0 Å². The molecule has 0 bridgehead atoms. The highest BCUT2D eigenvalue weighted by Crippen LogP contribution is 2.21. The van der Waals surface area contributed by atoms with E-state index in [1.54, 1.807) is 51.9 Å². The molecule has 3 N–H and O–H groups in total. The smallest absolute Gasteiger partial charge is 0.407 e. The van der Waals surface area contributed by atoms with Gasteiger partial charge in [-0.1, -0.05) is 6.07 Å². The summed E-state index contributed by atoms with van der Waals surface area (Å²) in [4.78, 5) is 13.2. The number of halogens is 1. The van der Waals surface area contributed by atoms with Gasteiger partial charge in [-0.15, -0.1) is 0 Å². The Kier molecular flexibility index (Phi) is 5.54. The van der Waals surface area contributed by atoms with Crippen molar-refractivity contribution in [1.82, 2.24) is 5.32 Å². The first kappa shape index (κ1) is 17.2. The number of hydrogen-bond acceptors (Lipinski definition) is 4. The number of hydrogen-bond donors (Lipinski definition) is 2. The third kappa shape index (κ3) is 5.59. The number of anilines is 1. The Labute approximate surface area is 125 Å². The molecule has 1 aromatic carbocycles. The van der Waals surface area contributed by atoms with E-state index in [0.717, 1.165) is 0 Å². The fourth-order valence-electron chi connectivity index (χ4n) is 1.74. The number of amides is 1. The first-order valence-electron chi connectivity index (χ1n) is 6.79. The standard InChI is InChI=1S/C15H24FN3O2/c1-15(2,3)21-14(20)18-9-12(17)10-6-7-13(19(4)5)11(16)8-10/h6-8,12H,9,17H2,1-5H3,(H,18,20). The van der Waals surface area contributed by atoms with E-state index in [0.29, 0.717) is 11.3 Å². The van der Waals surface area contributed by atoms with E-state index in [1.807, 2.05) is 0 Å². The van der Waals surface area contributed by atoms with E-state index in [9.17, 15) is 9.18 Å². The first-order valence-corrected chi connectivity index (χ1v) is 6.79. The Morgan fingerprint density at radius 1 is 1.43 bits per heavy atom. The molecule has 0 saturated heterocycles. The molecule has 0 aliphatic heterocycles. The molecule has 1 aromatic rings. The van der Waals surface area contributed by atoms with Gasteiger partial charge in [0.05, 0.1) is 5.69 Å². The van der Waals surface area contributed by atoms with Crippen LogP contribution in [0.2, 0.25) is 0 Å². The van der Waals surface area contributed by atoms with Crippen LogP contribution in [0.5, 0.6) is 0 Å². The third-order valence-electron chi connectivity index (χ3n) is 2.75. The molecule has 0 spiro atoms. The predicted octanol–water partition coefficient (Wildman–Crippen LogP) is 2.42. The highest BCUT2D eigenvalue weighted by atomic mass is 19.1. The number of carbonyl (C=O) groups excluding carboxylic acids is 1. The fourth-order valence-corrected chi connectivity index (χ4v) is 1.74. The summed E-state index contributed by atoms with van der Waals surface area (Å²) in [5, 5.41) is 2.58. The van der Waals surface area contributed by atoms with Gasteiger partial charge in [0.15, 0.2) is 0 Å². The van der Waals surface area contributed by atoms with Crippen LogP contribution in [0.4, 0.5) is 14.9 Å². The fraction of sp³-hybridized carbons (Fsp3) is 0.533. The molecule has 1 rings (SSSR count). The van der Waals surface area contributed by atoms with Crippen molar-refractivity contribution in [3.8, 4) is 0 Å².